The number of carbonyl (C=O) groups excluding carboxylic acids is 1. The van der Waals surface area contributed by atoms with Gasteiger partial charge in [0.2, 0.25) is 0 Å². The zero-order valence-electron chi connectivity index (χ0n) is 8.75. The molecule has 0 heterocycles. The molecule has 0 radical (unpaired) electrons. The summed E-state index contributed by atoms with van der Waals surface area (Å²) in [5, 5.41) is 0. The summed E-state index contributed by atoms with van der Waals surface area (Å²) < 4.78 is 5.70. The number of ether oxygens (including phenoxy) is 1. The molecule has 0 N–H and O–H groups in total. The van der Waals surface area contributed by atoms with Crippen molar-refractivity contribution in [1.29, 1.82) is 0 Å². The minimum absolute atomic E-state index is 0.00722. The van der Waals surface area contributed by atoms with Gasteiger partial charge in [-0.25, -0.2) is 0 Å². The smallest absolute Gasteiger partial charge is 0.319 e. The van der Waals surface area contributed by atoms with E-state index >= 15 is 0 Å². The second-order valence-corrected chi connectivity index (χ2v) is 6.19. The van der Waals surface area contributed by atoms with Crippen LogP contribution in [0.15, 0.2) is 0 Å². The number of alkyl halides is 1. The van der Waals surface area contributed by atoms with Gasteiger partial charge < -0.3 is 4.74 Å². The first-order valence-electron chi connectivity index (χ1n) is 5.44. The highest BCUT2D eigenvalue weighted by molar-refractivity contribution is 14.1. The molecule has 14 heavy (non-hydrogen) atoms. The Kier molecular flexibility index (Phi) is 2.79. The van der Waals surface area contributed by atoms with Crippen LogP contribution < -0.4 is 0 Å². The van der Waals surface area contributed by atoms with Crippen LogP contribution in [0.3, 0.4) is 0 Å². The Morgan fingerprint density at radius 3 is 2.57 bits per heavy atom. The van der Waals surface area contributed by atoms with Crippen molar-refractivity contribution >= 4 is 28.6 Å². The molecule has 2 nitrogen and oxygen atoms in total. The maximum atomic E-state index is 11.7. The molecule has 3 saturated carbocycles. The summed E-state index contributed by atoms with van der Waals surface area (Å²) in [6.45, 7) is 4.14. The Bertz CT molecular complexity index is 238. The first-order valence-corrected chi connectivity index (χ1v) is 6.69. The zero-order valence-corrected chi connectivity index (χ0v) is 10.9. The second-order valence-electron chi connectivity index (χ2n) is 4.69. The van der Waals surface area contributed by atoms with Crippen LogP contribution in [0.2, 0.25) is 0 Å². The summed E-state index contributed by atoms with van der Waals surface area (Å²) in [5.41, 5.74) is -0.102. The normalized spacial score (nSPS) is 41.6. The van der Waals surface area contributed by atoms with E-state index in [0.29, 0.717) is 11.8 Å². The van der Waals surface area contributed by atoms with Crippen molar-refractivity contribution in [2.24, 2.45) is 11.8 Å². The molecule has 3 atom stereocenters. The van der Waals surface area contributed by atoms with Gasteiger partial charge in [-0.2, -0.15) is 0 Å². The predicted molar refractivity (Wildman–Crippen MR) is 63.4 cm³/mol. The molecule has 2 bridgehead atoms. The first kappa shape index (κ1) is 10.7. The molecule has 3 aliphatic rings. The highest BCUT2D eigenvalue weighted by atomic mass is 127. The van der Waals surface area contributed by atoms with Crippen LogP contribution in [0.1, 0.15) is 39.5 Å². The van der Waals surface area contributed by atoms with Crippen molar-refractivity contribution in [2.75, 3.05) is 0 Å². The SMILES string of the molecule is CCC(I)C(=O)OC1(C)C2CCC1C2. The summed E-state index contributed by atoms with van der Waals surface area (Å²) in [4.78, 5) is 11.7. The van der Waals surface area contributed by atoms with Gasteiger partial charge >= 0.3 is 5.97 Å². The molecule has 3 heteroatoms. The monoisotopic (exact) mass is 308 g/mol. The van der Waals surface area contributed by atoms with Crippen molar-refractivity contribution in [3.8, 4) is 0 Å². The number of esters is 1. The molecule has 3 rings (SSSR count). The Morgan fingerprint density at radius 2 is 2.14 bits per heavy atom. The number of rotatable bonds is 3. The molecule has 0 aromatic rings. The van der Waals surface area contributed by atoms with Crippen molar-refractivity contribution in [1.82, 2.24) is 0 Å². The number of halogens is 1. The van der Waals surface area contributed by atoms with E-state index in [1.165, 1.54) is 19.3 Å². The molecular weight excluding hydrogens is 291 g/mol. The van der Waals surface area contributed by atoms with E-state index in [4.69, 9.17) is 4.74 Å². The van der Waals surface area contributed by atoms with Crippen molar-refractivity contribution < 1.29 is 9.53 Å². The van der Waals surface area contributed by atoms with Crippen LogP contribution in [0, 0.1) is 11.8 Å². The minimum atomic E-state index is -0.102. The summed E-state index contributed by atoms with van der Waals surface area (Å²) >= 11 is 2.17. The van der Waals surface area contributed by atoms with Gasteiger partial charge in [-0.3, -0.25) is 4.79 Å². The van der Waals surface area contributed by atoms with Crippen molar-refractivity contribution in [3.63, 3.8) is 0 Å². The fraction of sp³-hybridized carbons (Fsp3) is 0.909. The quantitative estimate of drug-likeness (QED) is 0.455. The summed E-state index contributed by atoms with van der Waals surface area (Å²) in [6.07, 6.45) is 4.66. The molecule has 3 aliphatic carbocycles. The topological polar surface area (TPSA) is 26.3 Å². The van der Waals surface area contributed by atoms with Crippen molar-refractivity contribution in [3.05, 3.63) is 0 Å². The van der Waals surface area contributed by atoms with E-state index in [2.05, 4.69) is 29.5 Å². The fourth-order valence-corrected chi connectivity index (χ4v) is 2.94. The van der Waals surface area contributed by atoms with Crippen LogP contribution in [0.25, 0.3) is 0 Å². The molecule has 3 fully saturated rings. The number of fused-ring (bicyclic) bond motifs is 1. The van der Waals surface area contributed by atoms with Crippen LogP contribution in [0.5, 0.6) is 0 Å². The lowest BCUT2D eigenvalue weighted by molar-refractivity contribution is -0.181. The van der Waals surface area contributed by atoms with Crippen LogP contribution in [0.4, 0.5) is 0 Å². The summed E-state index contributed by atoms with van der Waals surface area (Å²) in [5.74, 6) is 1.29. The average Bonchev–Trinajstić information content (AvgIpc) is 2.76. The van der Waals surface area contributed by atoms with Gasteiger partial charge in [0.05, 0.1) is 0 Å². The maximum Gasteiger partial charge on any atom is 0.319 e. The van der Waals surface area contributed by atoms with E-state index in [0.717, 1.165) is 6.42 Å². The number of carbonyl (C=O) groups is 1. The zero-order chi connectivity index (χ0) is 10.3. The standard InChI is InChI=1S/C11H17IO2/c1-3-9(12)10(13)14-11(2)7-4-5-8(11)6-7/h7-9H,3-6H2,1-2H3. The Balaban J connectivity index is 1.95. The van der Waals surface area contributed by atoms with Gasteiger partial charge in [-0.15, -0.1) is 0 Å². The number of hydrogen-bond donors (Lipinski definition) is 0. The van der Waals surface area contributed by atoms with Gasteiger partial charge in [-0.1, -0.05) is 29.5 Å². The third-order valence-electron chi connectivity index (χ3n) is 3.99. The van der Waals surface area contributed by atoms with Gasteiger partial charge in [-0.05, 0) is 44.4 Å². The summed E-state index contributed by atoms with van der Waals surface area (Å²) in [7, 11) is 0. The lowest BCUT2D eigenvalue weighted by atomic mass is 9.69. The van der Waals surface area contributed by atoms with Gasteiger partial charge in [0.25, 0.3) is 0 Å². The Morgan fingerprint density at radius 1 is 1.57 bits per heavy atom. The molecule has 3 unspecified atom stereocenters. The van der Waals surface area contributed by atoms with Gasteiger partial charge in [0.15, 0.2) is 0 Å². The lowest BCUT2D eigenvalue weighted by Crippen LogP contribution is -2.51. The molecule has 0 aliphatic heterocycles. The van der Waals surface area contributed by atoms with Gasteiger partial charge in [0, 0.05) is 0 Å². The largest absolute Gasteiger partial charge is 0.458 e. The third kappa shape index (κ3) is 1.48. The minimum Gasteiger partial charge on any atom is -0.458 e. The van der Waals surface area contributed by atoms with E-state index in [1.54, 1.807) is 0 Å². The van der Waals surface area contributed by atoms with E-state index in [-0.39, 0.29) is 15.5 Å². The Hall–Kier alpha value is 0.200. The van der Waals surface area contributed by atoms with E-state index in [1.807, 2.05) is 6.92 Å². The lowest BCUT2D eigenvalue weighted by Gasteiger charge is -2.46. The molecular formula is C11H17IO2. The maximum absolute atomic E-state index is 11.7. The Labute approximate surface area is 98.9 Å². The van der Waals surface area contributed by atoms with E-state index in [9.17, 15) is 4.79 Å². The second kappa shape index (κ2) is 3.65. The van der Waals surface area contributed by atoms with E-state index < -0.39 is 0 Å². The molecule has 0 aromatic carbocycles. The molecule has 0 saturated heterocycles. The van der Waals surface area contributed by atoms with Crippen molar-refractivity contribution in [2.45, 2.75) is 49.1 Å². The highest BCUT2D eigenvalue weighted by Gasteiger charge is 2.59. The summed E-state index contributed by atoms with van der Waals surface area (Å²) in [6, 6.07) is 0. The third-order valence-corrected chi connectivity index (χ3v) is 5.38. The average molecular weight is 308 g/mol. The molecule has 0 spiro atoms. The van der Waals surface area contributed by atoms with Crippen LogP contribution in [-0.4, -0.2) is 15.5 Å². The van der Waals surface area contributed by atoms with Crippen LogP contribution >= 0.6 is 22.6 Å². The predicted octanol–water partition coefficient (Wildman–Crippen LogP) is 2.93. The number of hydrogen-bond acceptors (Lipinski definition) is 2. The molecule has 0 amide bonds. The van der Waals surface area contributed by atoms with Gasteiger partial charge in [0.1, 0.15) is 9.53 Å². The first-order chi connectivity index (χ1) is 6.58. The fourth-order valence-electron chi connectivity index (χ4n) is 2.81. The van der Waals surface area contributed by atoms with Crippen LogP contribution in [-0.2, 0) is 9.53 Å². The molecule has 0 aromatic heterocycles. The highest BCUT2D eigenvalue weighted by Crippen LogP contribution is 2.58. The molecule has 80 valence electrons.